The third-order valence-corrected chi connectivity index (χ3v) is 3.18. The third kappa shape index (κ3) is 3.06. The average molecular weight is 238 g/mol. The Kier molecular flexibility index (Phi) is 4.28. The molecule has 0 fully saturated rings. The molecule has 1 rings (SSSR count). The van der Waals surface area contributed by atoms with Crippen LogP contribution in [0.2, 0.25) is 0 Å². The second kappa shape index (κ2) is 5.31. The fourth-order valence-electron chi connectivity index (χ4n) is 1.51. The zero-order chi connectivity index (χ0) is 13.1. The minimum Gasteiger partial charge on any atom is -0.317 e. The van der Waals surface area contributed by atoms with Crippen LogP contribution in [0, 0.1) is 0 Å². The Bertz CT molecular complexity index is 380. The van der Waals surface area contributed by atoms with Crippen molar-refractivity contribution in [3.05, 3.63) is 11.8 Å². The van der Waals surface area contributed by atoms with Gasteiger partial charge in [-0.05, 0) is 18.8 Å². The molecule has 0 aliphatic carbocycles. The van der Waals surface area contributed by atoms with Gasteiger partial charge >= 0.3 is 0 Å². The van der Waals surface area contributed by atoms with Crippen LogP contribution in [0.25, 0.3) is 0 Å². The van der Waals surface area contributed by atoms with Crippen molar-refractivity contribution in [2.75, 3.05) is 5.32 Å². The van der Waals surface area contributed by atoms with Crippen LogP contribution in [-0.2, 0) is 4.79 Å². The topological polar surface area (TPSA) is 83.8 Å². The largest absolute Gasteiger partial charge is 0.317 e. The maximum absolute atomic E-state index is 12.0. The van der Waals surface area contributed by atoms with Crippen LogP contribution in [0.15, 0.2) is 6.07 Å². The van der Waals surface area contributed by atoms with E-state index in [1.165, 1.54) is 0 Å². The van der Waals surface area contributed by atoms with Gasteiger partial charge in [-0.2, -0.15) is 5.10 Å². The molecule has 1 aromatic rings. The van der Waals surface area contributed by atoms with Gasteiger partial charge in [-0.25, -0.2) is 0 Å². The number of aromatic nitrogens is 2. The van der Waals surface area contributed by atoms with Crippen LogP contribution < -0.4 is 11.1 Å². The summed E-state index contributed by atoms with van der Waals surface area (Å²) in [6.07, 6.45) is 1.22. The monoisotopic (exact) mass is 238 g/mol. The first-order chi connectivity index (χ1) is 7.92. The lowest BCUT2D eigenvalue weighted by Crippen LogP contribution is -2.50. The first kappa shape index (κ1) is 13.7. The van der Waals surface area contributed by atoms with E-state index >= 15 is 0 Å². The lowest BCUT2D eigenvalue weighted by atomic mass is 9.93. The molecule has 1 aromatic heterocycles. The molecule has 0 atom stereocenters. The number of carbonyl (C=O) groups excluding carboxylic acids is 1. The first-order valence-corrected chi connectivity index (χ1v) is 6.08. The summed E-state index contributed by atoms with van der Waals surface area (Å²) in [7, 11) is 0. The second-order valence-corrected chi connectivity index (χ2v) is 4.68. The molecule has 0 aromatic carbocycles. The summed E-state index contributed by atoms with van der Waals surface area (Å²) in [5.41, 5.74) is 6.19. The van der Waals surface area contributed by atoms with E-state index in [-0.39, 0.29) is 5.91 Å². The van der Waals surface area contributed by atoms with E-state index in [1.807, 2.05) is 19.9 Å². The molecule has 0 radical (unpaired) electrons. The minimum absolute atomic E-state index is 0.177. The van der Waals surface area contributed by atoms with E-state index in [2.05, 4.69) is 29.4 Å². The fourth-order valence-corrected chi connectivity index (χ4v) is 1.51. The molecule has 17 heavy (non-hydrogen) atoms. The van der Waals surface area contributed by atoms with E-state index in [0.717, 1.165) is 5.69 Å². The number of anilines is 1. The highest BCUT2D eigenvalue weighted by molar-refractivity contribution is 5.97. The summed E-state index contributed by atoms with van der Waals surface area (Å²) < 4.78 is 0. The Morgan fingerprint density at radius 1 is 1.53 bits per heavy atom. The maximum Gasteiger partial charge on any atom is 0.245 e. The summed E-state index contributed by atoms with van der Waals surface area (Å²) in [6.45, 7) is 7.94. The molecular formula is C12H22N4O. The molecule has 5 heteroatoms. The van der Waals surface area contributed by atoms with Gasteiger partial charge < -0.3 is 11.1 Å². The average Bonchev–Trinajstić information content (AvgIpc) is 2.76. The van der Waals surface area contributed by atoms with Crippen molar-refractivity contribution in [3.8, 4) is 0 Å². The number of amides is 1. The van der Waals surface area contributed by atoms with E-state index in [4.69, 9.17) is 5.73 Å². The van der Waals surface area contributed by atoms with Gasteiger partial charge in [0.15, 0.2) is 5.82 Å². The summed E-state index contributed by atoms with van der Waals surface area (Å²) in [4.78, 5) is 12.0. The molecule has 5 nitrogen and oxygen atoms in total. The SMILES string of the molecule is CCC(N)(CC)C(=O)Nc1cc(C(C)C)[nH]n1. The normalized spacial score (nSPS) is 11.9. The second-order valence-electron chi connectivity index (χ2n) is 4.68. The zero-order valence-corrected chi connectivity index (χ0v) is 11.0. The molecule has 0 bridgehead atoms. The van der Waals surface area contributed by atoms with Gasteiger partial charge in [-0.3, -0.25) is 9.89 Å². The van der Waals surface area contributed by atoms with Gasteiger partial charge in [-0.1, -0.05) is 27.7 Å². The number of hydrogen-bond donors (Lipinski definition) is 3. The molecule has 96 valence electrons. The van der Waals surface area contributed by atoms with Crippen LogP contribution >= 0.6 is 0 Å². The van der Waals surface area contributed by atoms with Crippen LogP contribution in [0.1, 0.15) is 52.1 Å². The van der Waals surface area contributed by atoms with Gasteiger partial charge in [0.05, 0.1) is 5.54 Å². The number of nitrogens with two attached hydrogens (primary N) is 1. The van der Waals surface area contributed by atoms with Gasteiger partial charge in [0.25, 0.3) is 0 Å². The van der Waals surface area contributed by atoms with Crippen molar-refractivity contribution in [1.29, 1.82) is 0 Å². The zero-order valence-electron chi connectivity index (χ0n) is 11.0. The Morgan fingerprint density at radius 3 is 2.53 bits per heavy atom. The smallest absolute Gasteiger partial charge is 0.245 e. The minimum atomic E-state index is -0.809. The van der Waals surface area contributed by atoms with Crippen molar-refractivity contribution in [3.63, 3.8) is 0 Å². The van der Waals surface area contributed by atoms with Crippen LogP contribution in [0.4, 0.5) is 5.82 Å². The quantitative estimate of drug-likeness (QED) is 0.733. The Labute approximate surface area is 102 Å². The Hall–Kier alpha value is -1.36. The molecule has 0 saturated heterocycles. The molecule has 0 spiro atoms. The highest BCUT2D eigenvalue weighted by atomic mass is 16.2. The van der Waals surface area contributed by atoms with Crippen molar-refractivity contribution in [2.24, 2.45) is 5.73 Å². The van der Waals surface area contributed by atoms with Crippen LogP contribution in [0.5, 0.6) is 0 Å². The van der Waals surface area contributed by atoms with E-state index in [0.29, 0.717) is 24.6 Å². The van der Waals surface area contributed by atoms with Crippen molar-refractivity contribution >= 4 is 11.7 Å². The molecule has 0 saturated carbocycles. The molecular weight excluding hydrogens is 216 g/mol. The third-order valence-electron chi connectivity index (χ3n) is 3.18. The molecule has 4 N–H and O–H groups in total. The molecule has 1 heterocycles. The van der Waals surface area contributed by atoms with Crippen LogP contribution in [-0.4, -0.2) is 21.6 Å². The van der Waals surface area contributed by atoms with Crippen molar-refractivity contribution in [2.45, 2.75) is 52.0 Å². The lowest BCUT2D eigenvalue weighted by Gasteiger charge is -2.24. The predicted molar refractivity (Wildman–Crippen MR) is 68.8 cm³/mol. The lowest BCUT2D eigenvalue weighted by molar-refractivity contribution is -0.121. The van der Waals surface area contributed by atoms with E-state index in [1.54, 1.807) is 0 Å². The number of carbonyl (C=O) groups is 1. The van der Waals surface area contributed by atoms with Crippen molar-refractivity contribution < 1.29 is 4.79 Å². The van der Waals surface area contributed by atoms with Gasteiger partial charge in [0.2, 0.25) is 5.91 Å². The highest BCUT2D eigenvalue weighted by Crippen LogP contribution is 2.17. The van der Waals surface area contributed by atoms with Gasteiger partial charge in [-0.15, -0.1) is 0 Å². The van der Waals surface area contributed by atoms with Gasteiger partial charge in [0.1, 0.15) is 0 Å². The molecule has 0 aliphatic rings. The Morgan fingerprint density at radius 2 is 2.12 bits per heavy atom. The standard InChI is InChI=1S/C12H22N4O/c1-5-12(13,6-2)11(17)14-10-7-9(8(3)4)15-16-10/h7-8H,5-6,13H2,1-4H3,(H2,14,15,16,17). The van der Waals surface area contributed by atoms with Crippen LogP contribution in [0.3, 0.4) is 0 Å². The van der Waals surface area contributed by atoms with Gasteiger partial charge in [0, 0.05) is 11.8 Å². The summed E-state index contributed by atoms with van der Waals surface area (Å²) in [5.74, 6) is 0.716. The summed E-state index contributed by atoms with van der Waals surface area (Å²) in [6, 6.07) is 1.84. The van der Waals surface area contributed by atoms with Crippen molar-refractivity contribution in [1.82, 2.24) is 10.2 Å². The number of nitrogens with one attached hydrogen (secondary N) is 2. The molecule has 0 aliphatic heterocycles. The molecule has 1 amide bonds. The Balaban J connectivity index is 2.74. The number of rotatable bonds is 5. The summed E-state index contributed by atoms with van der Waals surface area (Å²) >= 11 is 0. The number of aromatic amines is 1. The van der Waals surface area contributed by atoms with E-state index in [9.17, 15) is 4.79 Å². The summed E-state index contributed by atoms with van der Waals surface area (Å²) in [5, 5.41) is 9.69. The predicted octanol–water partition coefficient (Wildman–Crippen LogP) is 1.99. The molecule has 0 unspecified atom stereocenters. The first-order valence-electron chi connectivity index (χ1n) is 6.08. The van der Waals surface area contributed by atoms with E-state index < -0.39 is 5.54 Å². The number of nitrogens with zero attached hydrogens (tertiary/aromatic N) is 1. The fraction of sp³-hybridized carbons (Fsp3) is 0.667. The highest BCUT2D eigenvalue weighted by Gasteiger charge is 2.30. The number of H-pyrrole nitrogens is 1. The number of hydrogen-bond acceptors (Lipinski definition) is 3. The maximum atomic E-state index is 12.0.